The first-order valence-electron chi connectivity index (χ1n) is 6.49. The van der Waals surface area contributed by atoms with E-state index in [1.165, 1.54) is 32.0 Å². The maximum Gasteiger partial charge on any atom is 0.339 e. The minimum atomic E-state index is -0.461. The number of carbonyl (C=O) groups excluding carboxylic acids is 3. The molecule has 1 amide bonds. The summed E-state index contributed by atoms with van der Waals surface area (Å²) in [6, 6.07) is 3.21. The monoisotopic (exact) mass is 308 g/mol. The number of carbonyl (C=O) groups is 3. The van der Waals surface area contributed by atoms with E-state index in [0.717, 1.165) is 0 Å². The Kier molecular flexibility index (Phi) is 4.95. The average molecular weight is 308 g/mol. The zero-order chi connectivity index (χ0) is 15.4. The summed E-state index contributed by atoms with van der Waals surface area (Å²) in [5.74, 6) is 0.828. The van der Waals surface area contributed by atoms with Crippen LogP contribution in [-0.2, 0) is 14.3 Å². The van der Waals surface area contributed by atoms with E-state index in [9.17, 15) is 14.4 Å². The van der Waals surface area contributed by atoms with Gasteiger partial charge in [0.15, 0.2) is 5.12 Å². The maximum absolute atomic E-state index is 12.0. The van der Waals surface area contributed by atoms with E-state index in [4.69, 9.17) is 0 Å². The first kappa shape index (κ1) is 15.5. The number of rotatable bonds is 4. The molecule has 2 heterocycles. The number of esters is 1. The molecule has 0 saturated carbocycles. The molecule has 0 N–H and O–H groups in total. The van der Waals surface area contributed by atoms with Crippen molar-refractivity contribution in [1.29, 1.82) is 0 Å². The van der Waals surface area contributed by atoms with Gasteiger partial charge in [-0.3, -0.25) is 14.5 Å². The normalized spacial score (nSPS) is 17.9. The fourth-order valence-electron chi connectivity index (χ4n) is 2.13. The largest absolute Gasteiger partial charge is 0.465 e. The van der Waals surface area contributed by atoms with Crippen LogP contribution in [0.4, 0.5) is 5.82 Å². The lowest BCUT2D eigenvalue weighted by Gasteiger charge is -2.15. The van der Waals surface area contributed by atoms with E-state index in [2.05, 4.69) is 9.72 Å². The molecule has 1 fully saturated rings. The van der Waals surface area contributed by atoms with Gasteiger partial charge in [-0.25, -0.2) is 9.78 Å². The molecule has 1 aromatic rings. The Hall–Kier alpha value is -1.89. The molecule has 1 unspecified atom stereocenters. The number of ether oxygens (including phenoxy) is 1. The Morgan fingerprint density at radius 1 is 1.48 bits per heavy atom. The van der Waals surface area contributed by atoms with Gasteiger partial charge in [0.05, 0.1) is 12.7 Å². The van der Waals surface area contributed by atoms with Gasteiger partial charge >= 0.3 is 5.97 Å². The third-order valence-electron chi connectivity index (χ3n) is 3.17. The Morgan fingerprint density at radius 3 is 2.81 bits per heavy atom. The van der Waals surface area contributed by atoms with Crippen molar-refractivity contribution in [2.24, 2.45) is 5.92 Å². The second-order valence-electron chi connectivity index (χ2n) is 4.77. The molecule has 1 atom stereocenters. The lowest BCUT2D eigenvalue weighted by atomic mass is 10.1. The molecule has 6 nitrogen and oxygen atoms in total. The van der Waals surface area contributed by atoms with Crippen molar-refractivity contribution in [3.05, 3.63) is 23.9 Å². The standard InChI is InChI=1S/C14H16N2O4S/c1-9(17)21-8-10-5-13(18)16(7-10)12-4-3-11(6-15-12)14(19)20-2/h3-4,6,10H,5,7-8H2,1-2H3. The van der Waals surface area contributed by atoms with Crippen LogP contribution in [0, 0.1) is 5.92 Å². The van der Waals surface area contributed by atoms with E-state index in [1.54, 1.807) is 17.0 Å². The van der Waals surface area contributed by atoms with E-state index in [-0.39, 0.29) is 16.9 Å². The van der Waals surface area contributed by atoms with Crippen molar-refractivity contribution in [1.82, 2.24) is 4.98 Å². The quantitative estimate of drug-likeness (QED) is 0.785. The third-order valence-corrected chi connectivity index (χ3v) is 4.22. The molecule has 1 aromatic heterocycles. The van der Waals surface area contributed by atoms with Crippen LogP contribution in [0.15, 0.2) is 18.3 Å². The fraction of sp³-hybridized carbons (Fsp3) is 0.429. The molecule has 2 rings (SSSR count). The summed E-state index contributed by atoms with van der Waals surface area (Å²) >= 11 is 1.24. The number of thioether (sulfide) groups is 1. The van der Waals surface area contributed by atoms with Gasteiger partial charge in [0.25, 0.3) is 0 Å². The van der Waals surface area contributed by atoms with Gasteiger partial charge in [0.1, 0.15) is 5.82 Å². The van der Waals surface area contributed by atoms with E-state index in [1.807, 2.05) is 0 Å². The van der Waals surface area contributed by atoms with Gasteiger partial charge in [0.2, 0.25) is 5.91 Å². The van der Waals surface area contributed by atoms with Crippen LogP contribution in [0.5, 0.6) is 0 Å². The van der Waals surface area contributed by atoms with Crippen LogP contribution in [-0.4, -0.2) is 41.4 Å². The average Bonchev–Trinajstić information content (AvgIpc) is 2.85. The predicted octanol–water partition coefficient (Wildman–Crippen LogP) is 1.50. The molecule has 112 valence electrons. The van der Waals surface area contributed by atoms with E-state index in [0.29, 0.717) is 30.1 Å². The van der Waals surface area contributed by atoms with Crippen LogP contribution in [0.1, 0.15) is 23.7 Å². The van der Waals surface area contributed by atoms with Crippen molar-refractivity contribution < 1.29 is 19.1 Å². The summed E-state index contributed by atoms with van der Waals surface area (Å²) in [6.45, 7) is 2.07. The Balaban J connectivity index is 2.03. The van der Waals surface area contributed by atoms with Gasteiger partial charge in [-0.2, -0.15) is 0 Å². The number of nitrogens with zero attached hydrogens (tertiary/aromatic N) is 2. The number of aromatic nitrogens is 1. The highest BCUT2D eigenvalue weighted by atomic mass is 32.2. The minimum absolute atomic E-state index is 0.0116. The van der Waals surface area contributed by atoms with Crippen LogP contribution in [0.25, 0.3) is 0 Å². The summed E-state index contributed by atoms with van der Waals surface area (Å²) in [5.41, 5.74) is 0.344. The van der Waals surface area contributed by atoms with Gasteiger partial charge in [0, 0.05) is 31.8 Å². The first-order chi connectivity index (χ1) is 10.0. The molecule has 7 heteroatoms. The third kappa shape index (κ3) is 3.81. The smallest absolute Gasteiger partial charge is 0.339 e. The predicted molar refractivity (Wildman–Crippen MR) is 79.2 cm³/mol. The number of methoxy groups -OCH3 is 1. The number of anilines is 1. The number of pyridine rings is 1. The zero-order valence-corrected chi connectivity index (χ0v) is 12.7. The molecule has 0 spiro atoms. The highest BCUT2D eigenvalue weighted by Gasteiger charge is 2.31. The molecule has 0 radical (unpaired) electrons. The highest BCUT2D eigenvalue weighted by molar-refractivity contribution is 8.13. The first-order valence-corrected chi connectivity index (χ1v) is 7.48. The van der Waals surface area contributed by atoms with Crippen molar-refractivity contribution in [3.63, 3.8) is 0 Å². The van der Waals surface area contributed by atoms with Gasteiger partial charge in [-0.05, 0) is 18.1 Å². The summed E-state index contributed by atoms with van der Waals surface area (Å²) in [4.78, 5) is 40.0. The highest BCUT2D eigenvalue weighted by Crippen LogP contribution is 2.26. The molecule has 21 heavy (non-hydrogen) atoms. The second kappa shape index (κ2) is 6.71. The van der Waals surface area contributed by atoms with Crippen LogP contribution in [0.3, 0.4) is 0 Å². The molecule has 1 saturated heterocycles. The Labute approximate surface area is 126 Å². The Bertz CT molecular complexity index is 559. The van der Waals surface area contributed by atoms with Crippen molar-refractivity contribution in [3.8, 4) is 0 Å². The minimum Gasteiger partial charge on any atom is -0.465 e. The fourth-order valence-corrected chi connectivity index (χ4v) is 2.83. The molecule has 1 aliphatic heterocycles. The topological polar surface area (TPSA) is 76.6 Å². The van der Waals surface area contributed by atoms with Crippen LogP contribution in [0.2, 0.25) is 0 Å². The van der Waals surface area contributed by atoms with E-state index >= 15 is 0 Å². The van der Waals surface area contributed by atoms with Crippen molar-refractivity contribution >= 4 is 34.6 Å². The summed E-state index contributed by atoms with van der Waals surface area (Å²) in [6.07, 6.45) is 1.81. The molecular formula is C14H16N2O4S. The van der Waals surface area contributed by atoms with Gasteiger partial charge in [-0.1, -0.05) is 11.8 Å². The zero-order valence-electron chi connectivity index (χ0n) is 11.9. The number of hydrogen-bond acceptors (Lipinski definition) is 6. The van der Waals surface area contributed by atoms with Crippen LogP contribution < -0.4 is 4.90 Å². The lowest BCUT2D eigenvalue weighted by Crippen LogP contribution is -2.25. The maximum atomic E-state index is 12.0. The van der Waals surface area contributed by atoms with Crippen molar-refractivity contribution in [2.75, 3.05) is 24.3 Å². The summed E-state index contributed by atoms with van der Waals surface area (Å²) < 4.78 is 4.60. The molecule has 0 aliphatic carbocycles. The van der Waals surface area contributed by atoms with Crippen molar-refractivity contribution in [2.45, 2.75) is 13.3 Å². The molecule has 0 aromatic carbocycles. The van der Waals surface area contributed by atoms with Gasteiger partial charge in [-0.15, -0.1) is 0 Å². The number of amides is 1. The molecule has 0 bridgehead atoms. The lowest BCUT2D eigenvalue weighted by molar-refractivity contribution is -0.117. The summed E-state index contributed by atoms with van der Waals surface area (Å²) in [5, 5.41) is 0.0569. The molecular weight excluding hydrogens is 292 g/mol. The molecule has 1 aliphatic rings. The SMILES string of the molecule is COC(=O)c1ccc(N2CC(CSC(C)=O)CC2=O)nc1. The number of hydrogen-bond donors (Lipinski definition) is 0. The van der Waals surface area contributed by atoms with E-state index < -0.39 is 5.97 Å². The summed E-state index contributed by atoms with van der Waals surface area (Å²) in [7, 11) is 1.30. The van der Waals surface area contributed by atoms with Gasteiger partial charge < -0.3 is 4.74 Å². The second-order valence-corrected chi connectivity index (χ2v) is 5.97. The van der Waals surface area contributed by atoms with Crippen LogP contribution >= 0.6 is 11.8 Å². The Morgan fingerprint density at radius 2 is 2.24 bits per heavy atom.